The minimum atomic E-state index is 0.612. The SMILES string of the molecule is c1ccc(-c2n[nH]c(CSc3nc4ccccc4[nH]3)n2)nc1. The summed E-state index contributed by atoms with van der Waals surface area (Å²) in [5.74, 6) is 2.08. The van der Waals surface area contributed by atoms with Gasteiger partial charge in [-0.15, -0.1) is 0 Å². The first-order valence-electron chi connectivity index (χ1n) is 6.79. The summed E-state index contributed by atoms with van der Waals surface area (Å²) in [7, 11) is 0. The Morgan fingerprint density at radius 2 is 1.91 bits per heavy atom. The second kappa shape index (κ2) is 5.61. The van der Waals surface area contributed by atoms with Gasteiger partial charge in [-0.2, -0.15) is 5.10 Å². The lowest BCUT2D eigenvalue weighted by Gasteiger charge is -1.93. The molecule has 3 heterocycles. The number of nitrogens with one attached hydrogen (secondary N) is 2. The topological polar surface area (TPSA) is 83.1 Å². The third-order valence-electron chi connectivity index (χ3n) is 3.14. The van der Waals surface area contributed by atoms with Crippen molar-refractivity contribution in [2.75, 3.05) is 0 Å². The predicted molar refractivity (Wildman–Crippen MR) is 85.3 cm³/mol. The Morgan fingerprint density at radius 1 is 1.00 bits per heavy atom. The second-order valence-corrected chi connectivity index (χ2v) is 5.63. The molecule has 108 valence electrons. The summed E-state index contributed by atoms with van der Waals surface area (Å²) in [5.41, 5.74) is 2.77. The molecule has 6 nitrogen and oxygen atoms in total. The molecule has 0 bridgehead atoms. The van der Waals surface area contributed by atoms with Gasteiger partial charge in [-0.3, -0.25) is 10.1 Å². The molecule has 0 saturated heterocycles. The first-order valence-corrected chi connectivity index (χ1v) is 7.77. The van der Waals surface area contributed by atoms with Crippen molar-refractivity contribution >= 4 is 22.8 Å². The largest absolute Gasteiger partial charge is 0.333 e. The third kappa shape index (κ3) is 2.58. The summed E-state index contributed by atoms with van der Waals surface area (Å²) in [5, 5.41) is 8.02. The van der Waals surface area contributed by atoms with Crippen molar-refractivity contribution in [2.24, 2.45) is 0 Å². The van der Waals surface area contributed by atoms with E-state index in [0.29, 0.717) is 11.6 Å². The van der Waals surface area contributed by atoms with E-state index in [1.54, 1.807) is 18.0 Å². The van der Waals surface area contributed by atoms with Crippen LogP contribution in [0.25, 0.3) is 22.6 Å². The van der Waals surface area contributed by atoms with Gasteiger partial charge in [0, 0.05) is 6.20 Å². The molecule has 7 heteroatoms. The average Bonchev–Trinajstić information content (AvgIpc) is 3.20. The van der Waals surface area contributed by atoms with Gasteiger partial charge in [0.1, 0.15) is 11.5 Å². The van der Waals surface area contributed by atoms with Gasteiger partial charge < -0.3 is 4.98 Å². The van der Waals surface area contributed by atoms with Gasteiger partial charge in [0.2, 0.25) is 0 Å². The molecule has 4 aromatic rings. The lowest BCUT2D eigenvalue weighted by molar-refractivity contribution is 1.01. The molecular formula is C15H12N6S. The van der Waals surface area contributed by atoms with Crippen LogP contribution in [-0.2, 0) is 5.75 Å². The molecule has 0 radical (unpaired) electrons. The average molecular weight is 308 g/mol. The number of benzene rings is 1. The van der Waals surface area contributed by atoms with E-state index in [-0.39, 0.29) is 0 Å². The quantitative estimate of drug-likeness (QED) is 0.566. The van der Waals surface area contributed by atoms with Crippen LogP contribution >= 0.6 is 11.8 Å². The third-order valence-corrected chi connectivity index (χ3v) is 4.02. The number of pyridine rings is 1. The van der Waals surface area contributed by atoms with Gasteiger partial charge in [0.05, 0.1) is 16.8 Å². The lowest BCUT2D eigenvalue weighted by atomic mass is 10.3. The fourth-order valence-corrected chi connectivity index (χ4v) is 2.85. The number of fused-ring (bicyclic) bond motifs is 1. The molecule has 0 atom stereocenters. The van der Waals surface area contributed by atoms with Crippen LogP contribution in [0.2, 0.25) is 0 Å². The fraction of sp³-hybridized carbons (Fsp3) is 0.0667. The van der Waals surface area contributed by atoms with Crippen molar-refractivity contribution in [1.82, 2.24) is 30.1 Å². The van der Waals surface area contributed by atoms with Crippen LogP contribution in [0.4, 0.5) is 0 Å². The zero-order chi connectivity index (χ0) is 14.8. The summed E-state index contributed by atoms with van der Waals surface area (Å²) in [6, 6.07) is 13.6. The van der Waals surface area contributed by atoms with E-state index in [9.17, 15) is 0 Å². The smallest absolute Gasteiger partial charge is 0.199 e. The van der Waals surface area contributed by atoms with Crippen LogP contribution in [0, 0.1) is 0 Å². The number of nitrogens with zero attached hydrogens (tertiary/aromatic N) is 4. The minimum Gasteiger partial charge on any atom is -0.333 e. The van der Waals surface area contributed by atoms with Crippen molar-refractivity contribution < 1.29 is 0 Å². The standard InChI is InChI=1S/C15H12N6S/c1-2-6-11-10(5-1)17-15(18-11)22-9-13-19-14(21-20-13)12-7-3-4-8-16-12/h1-8H,9H2,(H,17,18)(H,19,20,21). The summed E-state index contributed by atoms with van der Waals surface area (Å²) in [6.07, 6.45) is 1.73. The maximum atomic E-state index is 4.53. The number of aromatic nitrogens is 6. The van der Waals surface area contributed by atoms with Crippen LogP contribution in [0.1, 0.15) is 5.82 Å². The molecule has 0 saturated carbocycles. The zero-order valence-electron chi connectivity index (χ0n) is 11.5. The Hall–Kier alpha value is -2.67. The molecule has 3 aromatic heterocycles. The first-order chi connectivity index (χ1) is 10.9. The number of rotatable bonds is 4. The molecule has 2 N–H and O–H groups in total. The number of H-pyrrole nitrogens is 2. The van der Waals surface area contributed by atoms with Crippen LogP contribution in [-0.4, -0.2) is 30.1 Å². The van der Waals surface area contributed by atoms with Gasteiger partial charge >= 0.3 is 0 Å². The predicted octanol–water partition coefficient (Wildman–Crippen LogP) is 3.04. The molecule has 0 amide bonds. The van der Waals surface area contributed by atoms with Crippen molar-refractivity contribution in [2.45, 2.75) is 10.9 Å². The Labute approximate surface area is 130 Å². The molecule has 1 aromatic carbocycles. The molecule has 0 aliphatic rings. The Morgan fingerprint density at radius 3 is 2.77 bits per heavy atom. The van der Waals surface area contributed by atoms with E-state index in [2.05, 4.69) is 30.1 Å². The molecule has 0 unspecified atom stereocenters. The summed E-state index contributed by atoms with van der Waals surface area (Å²) >= 11 is 1.59. The number of aromatic amines is 2. The summed E-state index contributed by atoms with van der Waals surface area (Å²) < 4.78 is 0. The highest BCUT2D eigenvalue weighted by Crippen LogP contribution is 2.22. The maximum absolute atomic E-state index is 4.53. The van der Waals surface area contributed by atoms with Gasteiger partial charge in [0.15, 0.2) is 11.0 Å². The van der Waals surface area contributed by atoms with E-state index >= 15 is 0 Å². The highest BCUT2D eigenvalue weighted by Gasteiger charge is 2.08. The van der Waals surface area contributed by atoms with Crippen LogP contribution < -0.4 is 0 Å². The lowest BCUT2D eigenvalue weighted by Crippen LogP contribution is -1.86. The van der Waals surface area contributed by atoms with Crippen molar-refractivity contribution in [3.63, 3.8) is 0 Å². The number of hydrogen-bond donors (Lipinski definition) is 2. The van der Waals surface area contributed by atoms with Crippen molar-refractivity contribution in [1.29, 1.82) is 0 Å². The van der Waals surface area contributed by atoms with Crippen molar-refractivity contribution in [3.8, 4) is 11.5 Å². The zero-order valence-corrected chi connectivity index (χ0v) is 12.3. The van der Waals surface area contributed by atoms with Crippen LogP contribution in [0.15, 0.2) is 53.8 Å². The van der Waals surface area contributed by atoms with E-state index in [4.69, 9.17) is 0 Å². The van der Waals surface area contributed by atoms with Crippen LogP contribution in [0.5, 0.6) is 0 Å². The Bertz CT molecular complexity index is 865. The summed E-state index contributed by atoms with van der Waals surface area (Å²) in [6.45, 7) is 0. The Balaban J connectivity index is 1.49. The monoisotopic (exact) mass is 308 g/mol. The van der Waals surface area contributed by atoms with Crippen LogP contribution in [0.3, 0.4) is 0 Å². The van der Waals surface area contributed by atoms with Gasteiger partial charge in [0.25, 0.3) is 0 Å². The number of para-hydroxylation sites is 2. The first kappa shape index (κ1) is 13.0. The molecule has 0 aliphatic carbocycles. The van der Waals surface area contributed by atoms with Gasteiger partial charge in [-0.05, 0) is 24.3 Å². The molecule has 0 spiro atoms. The molecule has 0 aliphatic heterocycles. The molecule has 0 fully saturated rings. The molecular weight excluding hydrogens is 296 g/mol. The normalized spacial score (nSPS) is 11.1. The van der Waals surface area contributed by atoms with E-state index < -0.39 is 0 Å². The fourth-order valence-electron chi connectivity index (χ4n) is 2.10. The molecule has 22 heavy (non-hydrogen) atoms. The highest BCUT2D eigenvalue weighted by molar-refractivity contribution is 7.98. The number of imidazole rings is 1. The second-order valence-electron chi connectivity index (χ2n) is 4.67. The van der Waals surface area contributed by atoms with Gasteiger partial charge in [-0.25, -0.2) is 9.97 Å². The van der Waals surface area contributed by atoms with E-state index in [1.807, 2.05) is 42.5 Å². The maximum Gasteiger partial charge on any atom is 0.199 e. The minimum absolute atomic E-state index is 0.612. The Kier molecular flexibility index (Phi) is 3.32. The number of thioether (sulfide) groups is 1. The highest BCUT2D eigenvalue weighted by atomic mass is 32.2. The van der Waals surface area contributed by atoms with E-state index in [0.717, 1.165) is 27.7 Å². The number of hydrogen-bond acceptors (Lipinski definition) is 5. The van der Waals surface area contributed by atoms with Gasteiger partial charge in [-0.1, -0.05) is 30.0 Å². The molecule has 4 rings (SSSR count). The van der Waals surface area contributed by atoms with Crippen molar-refractivity contribution in [3.05, 3.63) is 54.5 Å². The summed E-state index contributed by atoms with van der Waals surface area (Å²) in [4.78, 5) is 16.5. The van der Waals surface area contributed by atoms with E-state index in [1.165, 1.54) is 0 Å².